The van der Waals surface area contributed by atoms with Crippen molar-refractivity contribution < 1.29 is 17.6 Å². The molecule has 0 radical (unpaired) electrons. The summed E-state index contributed by atoms with van der Waals surface area (Å²) in [5.41, 5.74) is 1.21. The highest BCUT2D eigenvalue weighted by atomic mass is 32.2. The molecule has 0 heterocycles. The zero-order valence-electron chi connectivity index (χ0n) is 13.4. The molecule has 130 valence electrons. The zero-order chi connectivity index (χ0) is 18.4. The van der Waals surface area contributed by atoms with Gasteiger partial charge >= 0.3 is 0 Å². The average molecular weight is 361 g/mol. The molecule has 25 heavy (non-hydrogen) atoms. The Morgan fingerprint density at radius 2 is 1.76 bits per heavy atom. The molecule has 2 aromatic rings. The molecule has 0 saturated carbocycles. The second-order valence-electron chi connectivity index (χ2n) is 5.30. The zero-order valence-corrected chi connectivity index (χ0v) is 14.3. The van der Waals surface area contributed by atoms with E-state index in [1.807, 2.05) is 6.07 Å². The average Bonchev–Trinajstić information content (AvgIpc) is 2.56. The van der Waals surface area contributed by atoms with Crippen molar-refractivity contribution in [2.24, 2.45) is 0 Å². The molecule has 6 nitrogen and oxygen atoms in total. The van der Waals surface area contributed by atoms with Crippen molar-refractivity contribution in [2.45, 2.75) is 6.42 Å². The van der Waals surface area contributed by atoms with E-state index in [0.29, 0.717) is 16.9 Å². The Balaban J connectivity index is 2.06. The van der Waals surface area contributed by atoms with E-state index in [1.165, 1.54) is 48.5 Å². The van der Waals surface area contributed by atoms with Crippen molar-refractivity contribution >= 4 is 27.3 Å². The van der Waals surface area contributed by atoms with Gasteiger partial charge in [0.15, 0.2) is 0 Å². The van der Waals surface area contributed by atoms with Crippen molar-refractivity contribution in [2.75, 3.05) is 22.4 Å². The van der Waals surface area contributed by atoms with E-state index in [4.69, 9.17) is 5.26 Å². The summed E-state index contributed by atoms with van der Waals surface area (Å²) in [6, 6.07) is 13.3. The van der Waals surface area contributed by atoms with Crippen LogP contribution in [0.3, 0.4) is 0 Å². The first kappa shape index (κ1) is 18.4. The van der Waals surface area contributed by atoms with Gasteiger partial charge in [-0.2, -0.15) is 5.26 Å². The lowest BCUT2D eigenvalue weighted by atomic mass is 10.2. The fourth-order valence-electron chi connectivity index (χ4n) is 2.15. The number of halogens is 1. The third kappa shape index (κ3) is 5.29. The monoisotopic (exact) mass is 361 g/mol. The third-order valence-corrected chi connectivity index (χ3v) is 4.55. The van der Waals surface area contributed by atoms with Crippen LogP contribution >= 0.6 is 0 Å². The van der Waals surface area contributed by atoms with Crippen molar-refractivity contribution in [3.8, 4) is 6.07 Å². The lowest BCUT2D eigenvalue weighted by molar-refractivity contribution is -0.116. The highest BCUT2D eigenvalue weighted by Gasteiger charge is 2.18. The van der Waals surface area contributed by atoms with Crippen LogP contribution in [0.15, 0.2) is 48.5 Å². The quantitative estimate of drug-likeness (QED) is 0.856. The van der Waals surface area contributed by atoms with Gasteiger partial charge in [-0.1, -0.05) is 0 Å². The first-order valence-electron chi connectivity index (χ1n) is 7.33. The molecule has 0 unspecified atom stereocenters. The van der Waals surface area contributed by atoms with E-state index in [-0.39, 0.29) is 13.0 Å². The summed E-state index contributed by atoms with van der Waals surface area (Å²) >= 11 is 0. The summed E-state index contributed by atoms with van der Waals surface area (Å²) in [6.07, 6.45) is 0.966. The molecule has 1 amide bonds. The van der Waals surface area contributed by atoms with Gasteiger partial charge in [0, 0.05) is 18.7 Å². The van der Waals surface area contributed by atoms with Crippen LogP contribution in [0.2, 0.25) is 0 Å². The molecule has 0 atom stereocenters. The molecule has 0 aliphatic carbocycles. The maximum Gasteiger partial charge on any atom is 0.232 e. The summed E-state index contributed by atoms with van der Waals surface area (Å²) in [5, 5.41) is 11.4. The van der Waals surface area contributed by atoms with Gasteiger partial charge in [0.05, 0.1) is 23.6 Å². The number of nitrogens with one attached hydrogen (secondary N) is 1. The van der Waals surface area contributed by atoms with Crippen LogP contribution < -0.4 is 9.62 Å². The van der Waals surface area contributed by atoms with Crippen LogP contribution in [0.25, 0.3) is 0 Å². The van der Waals surface area contributed by atoms with Crippen molar-refractivity contribution in [3.63, 3.8) is 0 Å². The third-order valence-electron chi connectivity index (χ3n) is 3.35. The van der Waals surface area contributed by atoms with Gasteiger partial charge in [0.2, 0.25) is 15.9 Å². The van der Waals surface area contributed by atoms with Gasteiger partial charge in [-0.05, 0) is 48.5 Å². The SMILES string of the molecule is CS(=O)(=O)N(CCC(=O)Nc1ccc(F)cc1)c1ccc(C#N)cc1. The second-order valence-corrected chi connectivity index (χ2v) is 7.21. The van der Waals surface area contributed by atoms with Gasteiger partial charge in [0.1, 0.15) is 5.82 Å². The maximum atomic E-state index is 12.8. The lowest BCUT2D eigenvalue weighted by Gasteiger charge is -2.22. The fourth-order valence-corrected chi connectivity index (χ4v) is 3.08. The molecule has 1 N–H and O–H groups in total. The standard InChI is InChI=1S/C17H16FN3O3S/c1-25(23,24)21(16-8-2-13(12-19)3-9-16)11-10-17(22)20-15-6-4-14(18)5-7-15/h2-9H,10-11H2,1H3,(H,20,22). The van der Waals surface area contributed by atoms with Crippen molar-refractivity contribution in [1.29, 1.82) is 5.26 Å². The maximum absolute atomic E-state index is 12.8. The van der Waals surface area contributed by atoms with Crippen molar-refractivity contribution in [3.05, 3.63) is 59.9 Å². The molecule has 8 heteroatoms. The van der Waals surface area contributed by atoms with Crippen LogP contribution in [-0.4, -0.2) is 27.1 Å². The minimum atomic E-state index is -3.59. The lowest BCUT2D eigenvalue weighted by Crippen LogP contribution is -2.33. The summed E-state index contributed by atoms with van der Waals surface area (Å²) in [4.78, 5) is 12.0. The van der Waals surface area contributed by atoms with Crippen LogP contribution in [0.4, 0.5) is 15.8 Å². The van der Waals surface area contributed by atoms with Crippen LogP contribution in [0.5, 0.6) is 0 Å². The predicted octanol–water partition coefficient (Wildman–Crippen LogP) is 2.49. The Labute approximate surface area is 145 Å². The predicted molar refractivity (Wildman–Crippen MR) is 93.0 cm³/mol. The van der Waals surface area contributed by atoms with Gasteiger partial charge in [0.25, 0.3) is 0 Å². The van der Waals surface area contributed by atoms with Crippen LogP contribution in [-0.2, 0) is 14.8 Å². The summed E-state index contributed by atoms with van der Waals surface area (Å²) < 4.78 is 37.9. The van der Waals surface area contributed by atoms with E-state index in [9.17, 15) is 17.6 Å². The molecule has 0 aromatic heterocycles. The van der Waals surface area contributed by atoms with E-state index in [2.05, 4.69) is 5.32 Å². The van der Waals surface area contributed by atoms with Gasteiger partial charge < -0.3 is 5.32 Å². The number of amides is 1. The largest absolute Gasteiger partial charge is 0.326 e. The van der Waals surface area contributed by atoms with Gasteiger partial charge in [-0.25, -0.2) is 12.8 Å². The number of sulfonamides is 1. The van der Waals surface area contributed by atoms with Gasteiger partial charge in [-0.15, -0.1) is 0 Å². The first-order valence-corrected chi connectivity index (χ1v) is 9.18. The Bertz CT molecular complexity index is 888. The van der Waals surface area contributed by atoms with E-state index in [0.717, 1.165) is 10.6 Å². The highest BCUT2D eigenvalue weighted by Crippen LogP contribution is 2.19. The van der Waals surface area contributed by atoms with Crippen molar-refractivity contribution in [1.82, 2.24) is 0 Å². The Morgan fingerprint density at radius 1 is 1.16 bits per heavy atom. The molecule has 2 aromatic carbocycles. The number of carbonyl (C=O) groups excluding carboxylic acids is 1. The number of anilines is 2. The molecule has 0 fully saturated rings. The number of hydrogen-bond donors (Lipinski definition) is 1. The molecule has 0 bridgehead atoms. The topological polar surface area (TPSA) is 90.3 Å². The molecule has 0 saturated heterocycles. The number of benzene rings is 2. The number of rotatable bonds is 6. The smallest absolute Gasteiger partial charge is 0.232 e. The van der Waals surface area contributed by atoms with E-state index in [1.54, 1.807) is 0 Å². The van der Waals surface area contributed by atoms with E-state index >= 15 is 0 Å². The Morgan fingerprint density at radius 3 is 2.28 bits per heavy atom. The second kappa shape index (κ2) is 7.77. The molecule has 0 spiro atoms. The number of hydrogen-bond acceptors (Lipinski definition) is 4. The number of nitrogens with zero attached hydrogens (tertiary/aromatic N) is 2. The first-order chi connectivity index (χ1) is 11.8. The normalized spacial score (nSPS) is 10.8. The van der Waals surface area contributed by atoms with Crippen LogP contribution in [0.1, 0.15) is 12.0 Å². The summed E-state index contributed by atoms with van der Waals surface area (Å²) in [5.74, 6) is -0.809. The molecule has 2 rings (SSSR count). The molecular formula is C17H16FN3O3S. The Kier molecular flexibility index (Phi) is 5.72. The number of nitriles is 1. The van der Waals surface area contributed by atoms with E-state index < -0.39 is 21.7 Å². The minimum absolute atomic E-state index is 0.0578. The Hall–Kier alpha value is -2.92. The van der Waals surface area contributed by atoms with Crippen LogP contribution in [0, 0.1) is 17.1 Å². The summed E-state index contributed by atoms with van der Waals surface area (Å²) in [6.45, 7) is -0.0578. The number of carbonyl (C=O) groups is 1. The minimum Gasteiger partial charge on any atom is -0.326 e. The molecular weight excluding hydrogens is 345 g/mol. The summed E-state index contributed by atoms with van der Waals surface area (Å²) in [7, 11) is -3.59. The molecule has 0 aliphatic rings. The fraction of sp³-hybridized carbons (Fsp3) is 0.176. The molecule has 0 aliphatic heterocycles. The van der Waals surface area contributed by atoms with Gasteiger partial charge in [-0.3, -0.25) is 9.10 Å². The highest BCUT2D eigenvalue weighted by molar-refractivity contribution is 7.92.